The van der Waals surface area contributed by atoms with Gasteiger partial charge in [0.15, 0.2) is 5.72 Å². The standard InChI is InChI=1S/C20H21NO6/c1-25-19(24)27-20(11-10-15-8-5-9-17(22)16(15)12-20)21-18(23)26-13-14-6-3-2-4-7-14/h2-9,22H,10-13H2,1H3,(H,21,23)/t20-/m0/s1. The van der Waals surface area contributed by atoms with E-state index in [2.05, 4.69) is 10.1 Å². The maximum atomic E-state index is 12.3. The fourth-order valence-corrected chi connectivity index (χ4v) is 3.14. The van der Waals surface area contributed by atoms with Crippen molar-refractivity contribution < 1.29 is 28.9 Å². The van der Waals surface area contributed by atoms with Gasteiger partial charge in [0.1, 0.15) is 12.4 Å². The van der Waals surface area contributed by atoms with Gasteiger partial charge in [-0.05, 0) is 23.6 Å². The second-order valence-electron chi connectivity index (χ2n) is 6.33. The molecule has 27 heavy (non-hydrogen) atoms. The summed E-state index contributed by atoms with van der Waals surface area (Å²) in [6.45, 7) is 0.0861. The summed E-state index contributed by atoms with van der Waals surface area (Å²) in [5.41, 5.74) is 1.05. The molecule has 1 amide bonds. The first-order valence-electron chi connectivity index (χ1n) is 8.57. The molecule has 0 radical (unpaired) electrons. The Morgan fingerprint density at radius 1 is 1.15 bits per heavy atom. The van der Waals surface area contributed by atoms with Gasteiger partial charge in [-0.15, -0.1) is 0 Å². The van der Waals surface area contributed by atoms with E-state index in [9.17, 15) is 14.7 Å². The fourth-order valence-electron chi connectivity index (χ4n) is 3.14. The summed E-state index contributed by atoms with van der Waals surface area (Å²) >= 11 is 0. The van der Waals surface area contributed by atoms with Crippen LogP contribution in [-0.4, -0.2) is 30.2 Å². The highest BCUT2D eigenvalue weighted by Gasteiger charge is 2.41. The van der Waals surface area contributed by atoms with Gasteiger partial charge in [-0.3, -0.25) is 5.32 Å². The molecule has 3 rings (SSSR count). The highest BCUT2D eigenvalue weighted by Crippen LogP contribution is 2.35. The minimum atomic E-state index is -1.35. The van der Waals surface area contributed by atoms with Gasteiger partial charge in [-0.25, -0.2) is 9.59 Å². The number of ether oxygens (including phenoxy) is 3. The Bertz CT molecular complexity index is 822. The quantitative estimate of drug-likeness (QED) is 0.633. The van der Waals surface area contributed by atoms with Crippen LogP contribution < -0.4 is 5.32 Å². The fraction of sp³-hybridized carbons (Fsp3) is 0.300. The number of fused-ring (bicyclic) bond motifs is 1. The summed E-state index contributed by atoms with van der Waals surface area (Å²) in [5, 5.41) is 12.8. The lowest BCUT2D eigenvalue weighted by atomic mass is 9.85. The molecule has 2 aromatic carbocycles. The first-order chi connectivity index (χ1) is 13.0. The molecule has 2 aromatic rings. The predicted octanol–water partition coefficient (Wildman–Crippen LogP) is 3.29. The van der Waals surface area contributed by atoms with Crippen molar-refractivity contribution in [2.45, 2.75) is 31.6 Å². The van der Waals surface area contributed by atoms with Crippen molar-refractivity contribution in [3.05, 3.63) is 65.2 Å². The Morgan fingerprint density at radius 2 is 1.93 bits per heavy atom. The molecule has 1 aliphatic carbocycles. The number of phenols is 1. The van der Waals surface area contributed by atoms with Crippen LogP contribution >= 0.6 is 0 Å². The van der Waals surface area contributed by atoms with E-state index in [1.165, 1.54) is 7.11 Å². The molecule has 1 aliphatic rings. The SMILES string of the molecule is COC(=O)O[C@@]1(NC(=O)OCc2ccccc2)CCc2cccc(O)c2C1. The maximum Gasteiger partial charge on any atom is 0.510 e. The third kappa shape index (κ3) is 4.49. The number of carbonyl (C=O) groups is 2. The second-order valence-corrected chi connectivity index (χ2v) is 6.33. The van der Waals surface area contributed by atoms with Crippen LogP contribution in [0.2, 0.25) is 0 Å². The monoisotopic (exact) mass is 371 g/mol. The number of phenolic OH excluding ortho intramolecular Hbond substituents is 1. The normalized spacial score (nSPS) is 18.1. The van der Waals surface area contributed by atoms with Gasteiger partial charge in [-0.1, -0.05) is 42.5 Å². The van der Waals surface area contributed by atoms with Crippen LogP contribution in [0.15, 0.2) is 48.5 Å². The lowest BCUT2D eigenvalue weighted by Crippen LogP contribution is -2.55. The second kappa shape index (κ2) is 7.99. The first kappa shape index (κ1) is 18.6. The molecule has 0 saturated carbocycles. The van der Waals surface area contributed by atoms with Crippen molar-refractivity contribution in [1.82, 2.24) is 5.32 Å². The number of hydrogen-bond acceptors (Lipinski definition) is 6. The number of aryl methyl sites for hydroxylation is 1. The van der Waals surface area contributed by atoms with Gasteiger partial charge in [0.2, 0.25) is 0 Å². The Balaban J connectivity index is 1.74. The lowest BCUT2D eigenvalue weighted by Gasteiger charge is -2.37. The van der Waals surface area contributed by atoms with E-state index in [1.54, 1.807) is 12.1 Å². The zero-order valence-corrected chi connectivity index (χ0v) is 14.9. The van der Waals surface area contributed by atoms with Gasteiger partial charge < -0.3 is 19.3 Å². The predicted molar refractivity (Wildman–Crippen MR) is 96.1 cm³/mol. The molecule has 1 atom stereocenters. The van der Waals surface area contributed by atoms with Gasteiger partial charge in [0.05, 0.1) is 7.11 Å². The first-order valence-corrected chi connectivity index (χ1v) is 8.57. The van der Waals surface area contributed by atoms with E-state index >= 15 is 0 Å². The molecule has 7 heteroatoms. The number of hydrogen-bond donors (Lipinski definition) is 2. The number of nitrogens with one attached hydrogen (secondary N) is 1. The number of alkyl carbamates (subject to hydrolysis) is 1. The Labute approximate surface area is 156 Å². The minimum Gasteiger partial charge on any atom is -0.508 e. The molecular formula is C20H21NO6. The molecule has 0 bridgehead atoms. The Morgan fingerprint density at radius 3 is 2.67 bits per heavy atom. The number of methoxy groups -OCH3 is 1. The van der Waals surface area contributed by atoms with Crippen LogP contribution in [0.5, 0.6) is 5.75 Å². The highest BCUT2D eigenvalue weighted by molar-refractivity contribution is 5.69. The number of amides is 1. The van der Waals surface area contributed by atoms with Crippen LogP contribution in [0.4, 0.5) is 9.59 Å². The smallest absolute Gasteiger partial charge is 0.508 e. The molecule has 0 aliphatic heterocycles. The molecule has 142 valence electrons. The third-order valence-corrected chi connectivity index (χ3v) is 4.50. The van der Waals surface area contributed by atoms with Crippen molar-refractivity contribution >= 4 is 12.2 Å². The molecule has 7 nitrogen and oxygen atoms in total. The van der Waals surface area contributed by atoms with Gasteiger partial charge in [0, 0.05) is 18.4 Å². The molecular weight excluding hydrogens is 350 g/mol. The number of benzene rings is 2. The number of rotatable bonds is 4. The number of aromatic hydroxyl groups is 1. The summed E-state index contributed by atoms with van der Waals surface area (Å²) in [6, 6.07) is 14.4. The molecule has 0 unspecified atom stereocenters. The zero-order chi connectivity index (χ0) is 19.3. The summed E-state index contributed by atoms with van der Waals surface area (Å²) in [5.74, 6) is 0.0875. The molecule has 2 N–H and O–H groups in total. The average Bonchev–Trinajstić information content (AvgIpc) is 2.68. The van der Waals surface area contributed by atoms with E-state index in [-0.39, 0.29) is 18.8 Å². The molecule has 0 aromatic heterocycles. The van der Waals surface area contributed by atoms with Crippen molar-refractivity contribution in [2.75, 3.05) is 7.11 Å². The molecule has 0 fully saturated rings. The van der Waals surface area contributed by atoms with Crippen molar-refractivity contribution in [3.8, 4) is 5.75 Å². The molecule has 0 spiro atoms. The topological polar surface area (TPSA) is 94.1 Å². The summed E-state index contributed by atoms with van der Waals surface area (Å²) in [7, 11) is 1.19. The third-order valence-electron chi connectivity index (χ3n) is 4.50. The van der Waals surface area contributed by atoms with Gasteiger partial charge in [0.25, 0.3) is 0 Å². The largest absolute Gasteiger partial charge is 0.510 e. The summed E-state index contributed by atoms with van der Waals surface area (Å²) in [4.78, 5) is 24.1. The summed E-state index contributed by atoms with van der Waals surface area (Å²) in [6.07, 6.45) is -0.678. The van der Waals surface area contributed by atoms with E-state index in [0.717, 1.165) is 11.1 Å². The average molecular weight is 371 g/mol. The van der Waals surface area contributed by atoms with Crippen molar-refractivity contribution in [2.24, 2.45) is 0 Å². The zero-order valence-electron chi connectivity index (χ0n) is 14.9. The van der Waals surface area contributed by atoms with Crippen LogP contribution in [0.1, 0.15) is 23.1 Å². The maximum absolute atomic E-state index is 12.3. The Kier molecular flexibility index (Phi) is 5.49. The number of carbonyl (C=O) groups excluding carboxylic acids is 2. The van der Waals surface area contributed by atoms with E-state index in [1.807, 2.05) is 36.4 Å². The van der Waals surface area contributed by atoms with E-state index in [4.69, 9.17) is 9.47 Å². The van der Waals surface area contributed by atoms with Crippen molar-refractivity contribution in [3.63, 3.8) is 0 Å². The van der Waals surface area contributed by atoms with Crippen LogP contribution in [0.25, 0.3) is 0 Å². The highest BCUT2D eigenvalue weighted by atomic mass is 16.7. The minimum absolute atomic E-state index is 0.0861. The molecule has 0 heterocycles. The molecule has 0 saturated heterocycles. The van der Waals surface area contributed by atoms with Crippen LogP contribution in [0, 0.1) is 0 Å². The van der Waals surface area contributed by atoms with Crippen LogP contribution in [-0.2, 0) is 33.7 Å². The Hall–Kier alpha value is -3.22. The summed E-state index contributed by atoms with van der Waals surface area (Å²) < 4.78 is 15.2. The van der Waals surface area contributed by atoms with Gasteiger partial charge in [-0.2, -0.15) is 0 Å². The van der Waals surface area contributed by atoms with Gasteiger partial charge >= 0.3 is 12.2 Å². The lowest BCUT2D eigenvalue weighted by molar-refractivity contribution is -0.0550. The van der Waals surface area contributed by atoms with E-state index < -0.39 is 18.0 Å². The van der Waals surface area contributed by atoms with Crippen molar-refractivity contribution in [1.29, 1.82) is 0 Å². The van der Waals surface area contributed by atoms with Crippen LogP contribution in [0.3, 0.4) is 0 Å². The van der Waals surface area contributed by atoms with E-state index in [0.29, 0.717) is 18.4 Å².